The van der Waals surface area contributed by atoms with Crippen molar-refractivity contribution in [1.82, 2.24) is 10.4 Å². The number of rotatable bonds is 5. The first-order valence-corrected chi connectivity index (χ1v) is 6.76. The molecule has 2 rings (SSSR count). The topological polar surface area (TPSA) is 63.6 Å². The summed E-state index contributed by atoms with van der Waals surface area (Å²) in [6.45, 7) is 2.46. The summed E-state index contributed by atoms with van der Waals surface area (Å²) in [5.41, 5.74) is 3.46. The highest BCUT2D eigenvalue weighted by Crippen LogP contribution is 2.15. The van der Waals surface area contributed by atoms with Crippen LogP contribution in [0, 0.1) is 0 Å². The fourth-order valence-electron chi connectivity index (χ4n) is 1.65. The third-order valence-corrected chi connectivity index (χ3v) is 2.89. The molecular formula is C15H14ClN3O2. The molecule has 0 saturated carbocycles. The second-order valence-electron chi connectivity index (χ2n) is 4.01. The SMILES string of the molecule is CCOc1ccccc1/C=N/NC(=O)c1cccnc1Cl. The largest absolute Gasteiger partial charge is 0.493 e. The summed E-state index contributed by atoms with van der Waals surface area (Å²) in [5.74, 6) is 0.288. The second-order valence-corrected chi connectivity index (χ2v) is 4.37. The van der Waals surface area contributed by atoms with Crippen molar-refractivity contribution in [2.75, 3.05) is 6.61 Å². The minimum Gasteiger partial charge on any atom is -0.493 e. The highest BCUT2D eigenvalue weighted by atomic mass is 35.5. The molecule has 1 aromatic carbocycles. The van der Waals surface area contributed by atoms with Crippen molar-refractivity contribution in [3.63, 3.8) is 0 Å². The van der Waals surface area contributed by atoms with Crippen LogP contribution in [-0.2, 0) is 0 Å². The number of pyridine rings is 1. The van der Waals surface area contributed by atoms with Gasteiger partial charge in [0, 0.05) is 11.8 Å². The lowest BCUT2D eigenvalue weighted by Crippen LogP contribution is -2.18. The van der Waals surface area contributed by atoms with E-state index in [2.05, 4.69) is 15.5 Å². The van der Waals surface area contributed by atoms with Crippen LogP contribution >= 0.6 is 11.6 Å². The van der Waals surface area contributed by atoms with E-state index in [9.17, 15) is 4.79 Å². The van der Waals surface area contributed by atoms with Gasteiger partial charge < -0.3 is 4.74 Å². The van der Waals surface area contributed by atoms with Gasteiger partial charge in [0.25, 0.3) is 5.91 Å². The molecule has 5 nitrogen and oxygen atoms in total. The lowest BCUT2D eigenvalue weighted by Gasteiger charge is -2.06. The minimum atomic E-state index is -0.418. The van der Waals surface area contributed by atoms with Gasteiger partial charge in [-0.15, -0.1) is 0 Å². The van der Waals surface area contributed by atoms with Crippen LogP contribution in [-0.4, -0.2) is 23.7 Å². The Morgan fingerprint density at radius 2 is 2.19 bits per heavy atom. The number of para-hydroxylation sites is 1. The van der Waals surface area contributed by atoms with Crippen LogP contribution in [0.1, 0.15) is 22.8 Å². The van der Waals surface area contributed by atoms with Crippen LogP contribution in [0.25, 0.3) is 0 Å². The number of halogens is 1. The molecule has 1 N–H and O–H groups in total. The molecule has 1 heterocycles. The number of nitrogens with one attached hydrogen (secondary N) is 1. The third kappa shape index (κ3) is 4.03. The molecule has 0 atom stereocenters. The van der Waals surface area contributed by atoms with Crippen molar-refractivity contribution in [3.05, 3.63) is 58.9 Å². The summed E-state index contributed by atoms with van der Waals surface area (Å²) < 4.78 is 5.46. The Labute approximate surface area is 127 Å². The summed E-state index contributed by atoms with van der Waals surface area (Å²) in [4.78, 5) is 15.7. The first-order chi connectivity index (χ1) is 10.2. The number of carbonyl (C=O) groups excluding carboxylic acids is 1. The Morgan fingerprint density at radius 1 is 1.38 bits per heavy atom. The average Bonchev–Trinajstić information content (AvgIpc) is 2.49. The van der Waals surface area contributed by atoms with Gasteiger partial charge in [0.2, 0.25) is 0 Å². The van der Waals surface area contributed by atoms with Crippen molar-refractivity contribution in [2.45, 2.75) is 6.92 Å². The number of benzene rings is 1. The lowest BCUT2D eigenvalue weighted by atomic mass is 10.2. The number of carbonyl (C=O) groups is 1. The molecule has 0 radical (unpaired) electrons. The zero-order chi connectivity index (χ0) is 15.1. The predicted molar refractivity (Wildman–Crippen MR) is 81.9 cm³/mol. The van der Waals surface area contributed by atoms with Gasteiger partial charge >= 0.3 is 0 Å². The number of nitrogens with zero attached hydrogens (tertiary/aromatic N) is 2. The van der Waals surface area contributed by atoms with Crippen LogP contribution in [0.15, 0.2) is 47.7 Å². The molecular weight excluding hydrogens is 290 g/mol. The van der Waals surface area contributed by atoms with Crippen LogP contribution in [0.5, 0.6) is 5.75 Å². The van der Waals surface area contributed by atoms with Gasteiger partial charge in [-0.25, -0.2) is 10.4 Å². The van der Waals surface area contributed by atoms with E-state index in [1.165, 1.54) is 12.4 Å². The van der Waals surface area contributed by atoms with E-state index in [4.69, 9.17) is 16.3 Å². The number of amides is 1. The maximum atomic E-state index is 11.9. The fraction of sp³-hybridized carbons (Fsp3) is 0.133. The highest BCUT2D eigenvalue weighted by molar-refractivity contribution is 6.32. The highest BCUT2D eigenvalue weighted by Gasteiger charge is 2.09. The Morgan fingerprint density at radius 3 is 2.95 bits per heavy atom. The number of hydrogen-bond acceptors (Lipinski definition) is 4. The summed E-state index contributed by atoms with van der Waals surface area (Å²) >= 11 is 5.84. The number of hydrogen-bond donors (Lipinski definition) is 1. The molecule has 0 aliphatic carbocycles. The van der Waals surface area contributed by atoms with Crippen LogP contribution in [0.2, 0.25) is 5.15 Å². The Bertz CT molecular complexity index is 659. The van der Waals surface area contributed by atoms with Crippen LogP contribution in [0.3, 0.4) is 0 Å². The molecule has 1 aromatic heterocycles. The first kappa shape index (κ1) is 15.0. The van der Waals surface area contributed by atoms with E-state index in [0.29, 0.717) is 12.4 Å². The second kappa shape index (κ2) is 7.40. The van der Waals surface area contributed by atoms with Crippen molar-refractivity contribution in [3.8, 4) is 5.75 Å². The molecule has 0 aliphatic heterocycles. The maximum absolute atomic E-state index is 11.9. The number of ether oxygens (including phenoxy) is 1. The van der Waals surface area contributed by atoms with Crippen molar-refractivity contribution in [2.24, 2.45) is 5.10 Å². The molecule has 1 amide bonds. The Kier molecular flexibility index (Phi) is 5.29. The molecule has 108 valence electrons. The molecule has 0 fully saturated rings. The van der Waals surface area contributed by atoms with Crippen molar-refractivity contribution in [1.29, 1.82) is 0 Å². The van der Waals surface area contributed by atoms with Gasteiger partial charge in [-0.2, -0.15) is 5.10 Å². The van der Waals surface area contributed by atoms with Crippen molar-refractivity contribution >= 4 is 23.7 Å². The molecule has 21 heavy (non-hydrogen) atoms. The average molecular weight is 304 g/mol. The van der Waals surface area contributed by atoms with Gasteiger partial charge in [0.15, 0.2) is 0 Å². The van der Waals surface area contributed by atoms with Gasteiger partial charge in [0.05, 0.1) is 18.4 Å². The zero-order valence-corrected chi connectivity index (χ0v) is 12.2. The summed E-state index contributed by atoms with van der Waals surface area (Å²) in [5, 5.41) is 4.05. The molecule has 6 heteroatoms. The summed E-state index contributed by atoms with van der Waals surface area (Å²) in [6.07, 6.45) is 3.04. The lowest BCUT2D eigenvalue weighted by molar-refractivity contribution is 0.0955. The monoisotopic (exact) mass is 303 g/mol. The summed E-state index contributed by atoms with van der Waals surface area (Å²) in [6, 6.07) is 10.6. The molecule has 0 aliphatic rings. The van der Waals surface area contributed by atoms with E-state index in [0.717, 1.165) is 5.56 Å². The van der Waals surface area contributed by atoms with E-state index in [1.807, 2.05) is 31.2 Å². The number of hydrazone groups is 1. The van der Waals surface area contributed by atoms with E-state index < -0.39 is 5.91 Å². The van der Waals surface area contributed by atoms with E-state index >= 15 is 0 Å². The molecule has 0 spiro atoms. The third-order valence-electron chi connectivity index (χ3n) is 2.59. The number of aromatic nitrogens is 1. The molecule has 0 saturated heterocycles. The first-order valence-electron chi connectivity index (χ1n) is 6.38. The predicted octanol–water partition coefficient (Wildman–Crippen LogP) is 2.90. The van der Waals surface area contributed by atoms with Crippen LogP contribution in [0.4, 0.5) is 0 Å². The van der Waals surface area contributed by atoms with E-state index in [1.54, 1.807) is 12.1 Å². The maximum Gasteiger partial charge on any atom is 0.274 e. The van der Waals surface area contributed by atoms with E-state index in [-0.39, 0.29) is 10.7 Å². The van der Waals surface area contributed by atoms with Gasteiger partial charge in [0.1, 0.15) is 10.9 Å². The standard InChI is InChI=1S/C15H14ClN3O2/c1-2-21-13-8-4-3-6-11(13)10-18-19-15(20)12-7-5-9-17-14(12)16/h3-10H,2H2,1H3,(H,19,20)/b18-10+. The fourth-order valence-corrected chi connectivity index (χ4v) is 1.86. The smallest absolute Gasteiger partial charge is 0.274 e. The zero-order valence-electron chi connectivity index (χ0n) is 11.4. The quantitative estimate of drug-likeness (QED) is 0.525. The van der Waals surface area contributed by atoms with Crippen molar-refractivity contribution < 1.29 is 9.53 Å². The molecule has 2 aromatic rings. The Balaban J connectivity index is 2.06. The van der Waals surface area contributed by atoms with Crippen LogP contribution < -0.4 is 10.2 Å². The Hall–Kier alpha value is -2.40. The molecule has 0 unspecified atom stereocenters. The normalized spacial score (nSPS) is 10.6. The molecule has 0 bridgehead atoms. The van der Waals surface area contributed by atoms with Gasteiger partial charge in [-0.1, -0.05) is 23.7 Å². The summed E-state index contributed by atoms with van der Waals surface area (Å²) in [7, 11) is 0. The van der Waals surface area contributed by atoms with Gasteiger partial charge in [-0.05, 0) is 31.2 Å². The minimum absolute atomic E-state index is 0.139. The van der Waals surface area contributed by atoms with Gasteiger partial charge in [-0.3, -0.25) is 4.79 Å².